The maximum atomic E-state index is 12.4. The number of nitrogens with zero attached hydrogens (tertiary/aromatic N) is 3. The normalized spacial score (nSPS) is 11.7. The molecule has 9 heteroatoms. The van der Waals surface area contributed by atoms with Crippen molar-refractivity contribution >= 4 is 46.6 Å². The van der Waals surface area contributed by atoms with Gasteiger partial charge >= 0.3 is 5.97 Å². The second kappa shape index (κ2) is 9.97. The molecule has 0 aliphatic rings. The minimum Gasteiger partial charge on any atom is -0.481 e. The highest BCUT2D eigenvalue weighted by molar-refractivity contribution is 6.42. The lowest BCUT2D eigenvalue weighted by Crippen LogP contribution is -2.18. The largest absolute Gasteiger partial charge is 0.481 e. The number of hydrogen-bond donors (Lipinski definition) is 2. The number of amides is 1. The Morgan fingerprint density at radius 3 is 2.38 bits per heavy atom. The van der Waals surface area contributed by atoms with Crippen LogP contribution in [0.15, 0.2) is 48.7 Å². The summed E-state index contributed by atoms with van der Waals surface area (Å²) < 4.78 is 0. The topological polar surface area (TPSA) is 95.4 Å². The van der Waals surface area contributed by atoms with E-state index < -0.39 is 5.97 Å². The first-order chi connectivity index (χ1) is 15.2. The van der Waals surface area contributed by atoms with Crippen LogP contribution >= 0.6 is 23.2 Å². The van der Waals surface area contributed by atoms with Crippen LogP contribution in [-0.4, -0.2) is 41.0 Å². The van der Waals surface area contributed by atoms with Crippen LogP contribution < -0.4 is 10.2 Å². The van der Waals surface area contributed by atoms with Crippen molar-refractivity contribution in [3.05, 3.63) is 81.2 Å². The fourth-order valence-electron chi connectivity index (χ4n) is 3.14. The second-order valence-electron chi connectivity index (χ2n) is 7.47. The molecule has 0 radical (unpaired) electrons. The molecule has 166 valence electrons. The lowest BCUT2D eigenvalue weighted by Gasteiger charge is -2.18. The lowest BCUT2D eigenvalue weighted by molar-refractivity contribution is -0.136. The van der Waals surface area contributed by atoms with Crippen LogP contribution in [0, 0.1) is 0 Å². The summed E-state index contributed by atoms with van der Waals surface area (Å²) in [4.78, 5) is 34.3. The first-order valence-electron chi connectivity index (χ1n) is 9.77. The molecule has 7 nitrogen and oxygen atoms in total. The molecule has 0 aliphatic heterocycles. The van der Waals surface area contributed by atoms with E-state index in [4.69, 9.17) is 28.3 Å². The summed E-state index contributed by atoms with van der Waals surface area (Å²) >= 11 is 11.9. The van der Waals surface area contributed by atoms with Crippen LogP contribution in [0.25, 0.3) is 0 Å². The summed E-state index contributed by atoms with van der Waals surface area (Å²) in [6.45, 7) is 1.97. The summed E-state index contributed by atoms with van der Waals surface area (Å²) in [6.07, 6.45) is 1.42. The van der Waals surface area contributed by atoms with Crippen molar-refractivity contribution < 1.29 is 14.7 Å². The molecule has 3 rings (SSSR count). The average Bonchev–Trinajstić information content (AvgIpc) is 2.75. The Balaban J connectivity index is 1.76. The van der Waals surface area contributed by atoms with Crippen molar-refractivity contribution in [3.63, 3.8) is 0 Å². The van der Waals surface area contributed by atoms with Crippen molar-refractivity contribution in [2.45, 2.75) is 19.3 Å². The number of carbonyl (C=O) groups excluding carboxylic acids is 1. The summed E-state index contributed by atoms with van der Waals surface area (Å²) in [5, 5.41) is 12.6. The number of rotatable bonds is 7. The smallest absolute Gasteiger partial charge is 0.308 e. The molecule has 2 aromatic carbocycles. The molecule has 1 unspecified atom stereocenters. The average molecular weight is 473 g/mol. The molecule has 1 atom stereocenters. The van der Waals surface area contributed by atoms with Crippen LogP contribution in [0.1, 0.15) is 40.2 Å². The van der Waals surface area contributed by atoms with E-state index in [9.17, 15) is 9.59 Å². The number of hydrogen-bond acceptors (Lipinski definition) is 5. The number of carboxylic acid groups (broad SMARTS) is 1. The summed E-state index contributed by atoms with van der Waals surface area (Å²) in [5.74, 6) is -0.203. The number of carboxylic acids is 1. The molecule has 0 bridgehead atoms. The molecule has 0 aliphatic carbocycles. The second-order valence-corrected chi connectivity index (χ2v) is 8.28. The SMILES string of the molecule is CC(c1ccc(NC(=O)c2ccc(Cl)c(Cl)c2)cc1)c1ncc(CC(=O)O)c(N(C)C)n1. The Kier molecular flexibility index (Phi) is 7.33. The van der Waals surface area contributed by atoms with Gasteiger partial charge in [-0.15, -0.1) is 0 Å². The third-order valence-corrected chi connectivity index (χ3v) is 5.60. The first-order valence-corrected chi connectivity index (χ1v) is 10.5. The predicted octanol–water partition coefficient (Wildman–Crippen LogP) is 4.88. The van der Waals surface area contributed by atoms with Crippen molar-refractivity contribution in [1.82, 2.24) is 9.97 Å². The Morgan fingerprint density at radius 1 is 1.09 bits per heavy atom. The van der Waals surface area contributed by atoms with Crippen molar-refractivity contribution in [2.24, 2.45) is 0 Å². The number of halogens is 2. The van der Waals surface area contributed by atoms with E-state index in [1.165, 1.54) is 6.07 Å². The van der Waals surface area contributed by atoms with Gasteiger partial charge in [0.05, 0.1) is 16.5 Å². The monoisotopic (exact) mass is 472 g/mol. The van der Waals surface area contributed by atoms with Crippen LogP contribution in [0.2, 0.25) is 10.0 Å². The molecular formula is C23H22Cl2N4O3. The van der Waals surface area contributed by atoms with Crippen LogP contribution in [0.3, 0.4) is 0 Å². The highest BCUT2D eigenvalue weighted by Crippen LogP contribution is 2.26. The maximum absolute atomic E-state index is 12.4. The van der Waals surface area contributed by atoms with Gasteiger partial charge in [0, 0.05) is 43.0 Å². The van der Waals surface area contributed by atoms with Gasteiger partial charge in [-0.05, 0) is 35.9 Å². The van der Waals surface area contributed by atoms with E-state index in [1.807, 2.05) is 33.2 Å². The van der Waals surface area contributed by atoms with E-state index in [2.05, 4.69) is 15.3 Å². The van der Waals surface area contributed by atoms with Gasteiger partial charge in [0.15, 0.2) is 0 Å². The molecule has 3 aromatic rings. The van der Waals surface area contributed by atoms with Gasteiger partial charge in [0.2, 0.25) is 0 Å². The zero-order valence-electron chi connectivity index (χ0n) is 17.8. The zero-order chi connectivity index (χ0) is 23.4. The fraction of sp³-hybridized carbons (Fsp3) is 0.217. The third kappa shape index (κ3) is 5.55. The van der Waals surface area contributed by atoms with Crippen molar-refractivity contribution in [3.8, 4) is 0 Å². The highest BCUT2D eigenvalue weighted by Gasteiger charge is 2.17. The predicted molar refractivity (Wildman–Crippen MR) is 126 cm³/mol. The molecule has 0 saturated carbocycles. The molecule has 1 amide bonds. The summed E-state index contributed by atoms with van der Waals surface area (Å²) in [7, 11) is 3.63. The van der Waals surface area contributed by atoms with Gasteiger partial charge < -0.3 is 15.3 Å². The van der Waals surface area contributed by atoms with Crippen LogP contribution in [-0.2, 0) is 11.2 Å². The number of benzene rings is 2. The van der Waals surface area contributed by atoms with Gasteiger partial charge in [-0.1, -0.05) is 42.3 Å². The number of carbonyl (C=O) groups is 2. The van der Waals surface area contributed by atoms with E-state index in [0.717, 1.165) is 5.56 Å². The Bertz CT molecular complexity index is 1150. The molecular weight excluding hydrogens is 451 g/mol. The lowest BCUT2D eigenvalue weighted by atomic mass is 9.99. The Hall–Kier alpha value is -3.16. The molecule has 1 aromatic heterocycles. The molecule has 32 heavy (non-hydrogen) atoms. The zero-order valence-corrected chi connectivity index (χ0v) is 19.3. The molecule has 2 N–H and O–H groups in total. The van der Waals surface area contributed by atoms with Gasteiger partial charge in [-0.2, -0.15) is 0 Å². The molecule has 0 fully saturated rings. The van der Waals surface area contributed by atoms with Gasteiger partial charge in [0.1, 0.15) is 11.6 Å². The Morgan fingerprint density at radius 2 is 1.78 bits per heavy atom. The van der Waals surface area contributed by atoms with E-state index in [1.54, 1.807) is 35.4 Å². The van der Waals surface area contributed by atoms with E-state index in [-0.39, 0.29) is 18.2 Å². The van der Waals surface area contributed by atoms with E-state index in [0.29, 0.717) is 38.5 Å². The van der Waals surface area contributed by atoms with Crippen molar-refractivity contribution in [2.75, 3.05) is 24.3 Å². The highest BCUT2D eigenvalue weighted by atomic mass is 35.5. The molecule has 0 saturated heterocycles. The minimum absolute atomic E-state index is 0.132. The van der Waals surface area contributed by atoms with Gasteiger partial charge in [0.25, 0.3) is 5.91 Å². The van der Waals surface area contributed by atoms with Crippen molar-refractivity contribution in [1.29, 1.82) is 0 Å². The fourth-order valence-corrected chi connectivity index (χ4v) is 3.44. The Labute approximate surface area is 196 Å². The standard InChI is InChI=1S/C23H22Cl2N4O3/c1-13(21-26-12-16(11-20(30)31)22(28-21)29(2)3)14-4-7-17(8-5-14)27-23(32)15-6-9-18(24)19(25)10-15/h4-10,12-13H,11H2,1-3H3,(H,27,32)(H,30,31). The third-order valence-electron chi connectivity index (χ3n) is 4.86. The van der Waals surface area contributed by atoms with Gasteiger partial charge in [-0.25, -0.2) is 9.97 Å². The molecule has 1 heterocycles. The van der Waals surface area contributed by atoms with E-state index >= 15 is 0 Å². The van der Waals surface area contributed by atoms with Crippen LogP contribution in [0.5, 0.6) is 0 Å². The van der Waals surface area contributed by atoms with Crippen LogP contribution in [0.4, 0.5) is 11.5 Å². The first kappa shape index (κ1) is 23.5. The minimum atomic E-state index is -0.934. The number of nitrogens with one attached hydrogen (secondary N) is 1. The number of aliphatic carboxylic acids is 1. The maximum Gasteiger partial charge on any atom is 0.308 e. The number of anilines is 2. The number of aromatic nitrogens is 2. The molecule has 0 spiro atoms. The quantitative estimate of drug-likeness (QED) is 0.508. The van der Waals surface area contributed by atoms with Gasteiger partial charge in [-0.3, -0.25) is 9.59 Å². The summed E-state index contributed by atoms with van der Waals surface area (Å²) in [6, 6.07) is 12.1. The summed E-state index contributed by atoms with van der Waals surface area (Å²) in [5.41, 5.74) is 2.54.